The molecule has 26 heavy (non-hydrogen) atoms. The highest BCUT2D eigenvalue weighted by Gasteiger charge is 2.36. The minimum Gasteiger partial charge on any atom is -0.339 e. The largest absolute Gasteiger partial charge is 0.416 e. The average Bonchev–Trinajstić information content (AvgIpc) is 3.00. The zero-order valence-electron chi connectivity index (χ0n) is 13.9. The number of rotatable bonds is 4. The number of benzene rings is 1. The molecule has 0 aliphatic carbocycles. The molecule has 144 valence electrons. The van der Waals surface area contributed by atoms with Crippen molar-refractivity contribution in [3.8, 4) is 0 Å². The number of nitrogens with one attached hydrogen (secondary N) is 1. The first-order valence-electron chi connectivity index (χ1n) is 7.92. The van der Waals surface area contributed by atoms with Crippen molar-refractivity contribution in [1.29, 1.82) is 0 Å². The van der Waals surface area contributed by atoms with Gasteiger partial charge in [-0.15, -0.1) is 0 Å². The van der Waals surface area contributed by atoms with Crippen molar-refractivity contribution < 1.29 is 31.1 Å². The van der Waals surface area contributed by atoms with Crippen LogP contribution >= 0.6 is 0 Å². The first-order valence-corrected chi connectivity index (χ1v) is 7.92. The fourth-order valence-corrected chi connectivity index (χ4v) is 2.84. The highest BCUT2D eigenvalue weighted by molar-refractivity contribution is 5.92. The molecule has 9 heteroatoms. The molecule has 0 bridgehead atoms. The number of hydrogen-bond acceptors (Lipinski definition) is 2. The molecule has 0 spiro atoms. The summed E-state index contributed by atoms with van der Waals surface area (Å²) in [6.07, 6.45) is -7.04. The fraction of sp³-hybridized carbons (Fsp3) is 0.471. The lowest BCUT2D eigenvalue weighted by Crippen LogP contribution is -2.28. The summed E-state index contributed by atoms with van der Waals surface area (Å²) >= 11 is 0. The maximum atomic E-state index is 12.8. The van der Waals surface area contributed by atoms with Crippen LogP contribution in [0.3, 0.4) is 0 Å². The van der Waals surface area contributed by atoms with Crippen LogP contribution in [-0.2, 0) is 17.1 Å². The Morgan fingerprint density at radius 2 is 1.73 bits per heavy atom. The van der Waals surface area contributed by atoms with Gasteiger partial charge in [-0.25, -0.2) is 0 Å². The summed E-state index contributed by atoms with van der Waals surface area (Å²) in [5.74, 6) is -0.155. The van der Waals surface area contributed by atoms with Gasteiger partial charge in [0.25, 0.3) is 0 Å². The molecular weight excluding hydrogens is 362 g/mol. The second-order valence-electron chi connectivity index (χ2n) is 6.17. The van der Waals surface area contributed by atoms with Gasteiger partial charge in [0.1, 0.15) is 0 Å². The van der Waals surface area contributed by atoms with Crippen LogP contribution in [-0.4, -0.2) is 37.5 Å². The van der Waals surface area contributed by atoms with E-state index in [1.807, 2.05) is 0 Å². The molecule has 1 aliphatic rings. The third-order valence-corrected chi connectivity index (χ3v) is 4.12. The number of carbonyl (C=O) groups is 1. The minimum atomic E-state index is -4.91. The van der Waals surface area contributed by atoms with Gasteiger partial charge in [-0.3, -0.25) is 4.79 Å². The Morgan fingerprint density at radius 3 is 2.23 bits per heavy atom. The van der Waals surface area contributed by atoms with E-state index in [0.717, 1.165) is 25.1 Å². The standard InChI is InChI=1S/C17H18F6N2O/c1-24-9-12-4-5-25(10-12)15(26)3-2-11-6-13(16(18,19)20)8-14(7-11)17(21,22)23/h2-3,6-8,12,24H,4-5,9-10H2,1H3/b3-2+. The van der Waals surface area contributed by atoms with Gasteiger partial charge >= 0.3 is 12.4 Å². The smallest absolute Gasteiger partial charge is 0.339 e. The second kappa shape index (κ2) is 7.69. The van der Waals surface area contributed by atoms with Crippen molar-refractivity contribution in [3.63, 3.8) is 0 Å². The molecule has 3 nitrogen and oxygen atoms in total. The van der Waals surface area contributed by atoms with Crippen molar-refractivity contribution in [2.45, 2.75) is 18.8 Å². The number of nitrogens with zero attached hydrogens (tertiary/aromatic N) is 1. The SMILES string of the molecule is CNCC1CCN(C(=O)/C=C/c2cc(C(F)(F)F)cc(C(F)(F)F)c2)C1. The van der Waals surface area contributed by atoms with Crippen molar-refractivity contribution in [2.75, 3.05) is 26.7 Å². The second-order valence-corrected chi connectivity index (χ2v) is 6.17. The van der Waals surface area contributed by atoms with Crippen LogP contribution in [0.25, 0.3) is 6.08 Å². The van der Waals surface area contributed by atoms with E-state index in [1.165, 1.54) is 4.90 Å². The van der Waals surface area contributed by atoms with E-state index in [2.05, 4.69) is 5.32 Å². The third kappa shape index (κ3) is 5.23. The molecule has 0 radical (unpaired) electrons. The molecule has 1 amide bonds. The highest BCUT2D eigenvalue weighted by Crippen LogP contribution is 2.36. The van der Waals surface area contributed by atoms with Gasteiger partial charge in [-0.05, 0) is 55.8 Å². The summed E-state index contributed by atoms with van der Waals surface area (Å²) in [6.45, 7) is 1.74. The normalized spacial score (nSPS) is 18.7. The van der Waals surface area contributed by atoms with Crippen LogP contribution in [0.2, 0.25) is 0 Å². The van der Waals surface area contributed by atoms with E-state index in [4.69, 9.17) is 0 Å². The van der Waals surface area contributed by atoms with Gasteiger partial charge in [0.05, 0.1) is 11.1 Å². The number of carbonyl (C=O) groups excluding carboxylic acids is 1. The Hall–Kier alpha value is -2.03. The van der Waals surface area contributed by atoms with Crippen LogP contribution in [0.1, 0.15) is 23.1 Å². The molecule has 1 aliphatic heterocycles. The Morgan fingerprint density at radius 1 is 1.15 bits per heavy atom. The summed E-state index contributed by atoms with van der Waals surface area (Å²) in [7, 11) is 1.79. The number of likely N-dealkylation sites (tertiary alicyclic amines) is 1. The van der Waals surface area contributed by atoms with Crippen LogP contribution in [0.4, 0.5) is 26.3 Å². The summed E-state index contributed by atoms with van der Waals surface area (Å²) in [5, 5.41) is 3.00. The zero-order chi connectivity index (χ0) is 19.5. The summed E-state index contributed by atoms with van der Waals surface area (Å²) in [4.78, 5) is 13.6. The molecule has 1 aromatic carbocycles. The van der Waals surface area contributed by atoms with Crippen molar-refractivity contribution in [3.05, 3.63) is 41.0 Å². The van der Waals surface area contributed by atoms with E-state index in [9.17, 15) is 31.1 Å². The lowest BCUT2D eigenvalue weighted by molar-refractivity contribution is -0.143. The van der Waals surface area contributed by atoms with Crippen molar-refractivity contribution in [2.24, 2.45) is 5.92 Å². The fourth-order valence-electron chi connectivity index (χ4n) is 2.84. The predicted octanol–water partition coefficient (Wildman–Crippen LogP) is 3.81. The Bertz CT molecular complexity index is 649. The molecule has 1 N–H and O–H groups in total. The summed E-state index contributed by atoms with van der Waals surface area (Å²) in [5.41, 5.74) is -3.14. The van der Waals surface area contributed by atoms with Crippen molar-refractivity contribution in [1.82, 2.24) is 10.2 Å². The van der Waals surface area contributed by atoms with Gasteiger partial charge in [0, 0.05) is 19.2 Å². The number of hydrogen-bond donors (Lipinski definition) is 1. The lowest BCUT2D eigenvalue weighted by Gasteiger charge is -2.15. The van der Waals surface area contributed by atoms with E-state index in [1.54, 1.807) is 7.05 Å². The summed E-state index contributed by atoms with van der Waals surface area (Å²) < 4.78 is 76.9. The maximum absolute atomic E-state index is 12.8. The van der Waals surface area contributed by atoms with Crippen molar-refractivity contribution >= 4 is 12.0 Å². The highest BCUT2D eigenvalue weighted by atomic mass is 19.4. The molecule has 1 saturated heterocycles. The Balaban J connectivity index is 2.20. The summed E-state index contributed by atoms with van der Waals surface area (Å²) in [6, 6.07) is 1.24. The van der Waals surface area contributed by atoms with E-state index in [-0.39, 0.29) is 17.5 Å². The van der Waals surface area contributed by atoms with Gasteiger partial charge < -0.3 is 10.2 Å². The number of alkyl halides is 6. The average molecular weight is 380 g/mol. The quantitative estimate of drug-likeness (QED) is 0.637. The van der Waals surface area contributed by atoms with Crippen LogP contribution in [0.15, 0.2) is 24.3 Å². The Labute approximate surface area is 146 Å². The lowest BCUT2D eigenvalue weighted by atomic mass is 10.0. The molecule has 2 rings (SSSR count). The number of halogens is 6. The van der Waals surface area contributed by atoms with Crippen LogP contribution in [0.5, 0.6) is 0 Å². The van der Waals surface area contributed by atoms with E-state index >= 15 is 0 Å². The third-order valence-electron chi connectivity index (χ3n) is 4.12. The van der Waals surface area contributed by atoms with Gasteiger partial charge in [-0.1, -0.05) is 0 Å². The van der Waals surface area contributed by atoms with Gasteiger partial charge in [-0.2, -0.15) is 26.3 Å². The molecule has 0 saturated carbocycles. The van der Waals surface area contributed by atoms with Gasteiger partial charge in [0.2, 0.25) is 5.91 Å². The molecule has 1 fully saturated rings. The Kier molecular flexibility index (Phi) is 6.00. The first-order chi connectivity index (χ1) is 12.0. The predicted molar refractivity (Wildman–Crippen MR) is 84.1 cm³/mol. The number of amides is 1. The van der Waals surface area contributed by atoms with Gasteiger partial charge in [0.15, 0.2) is 0 Å². The molecular formula is C17H18F6N2O. The van der Waals surface area contributed by atoms with Crippen LogP contribution in [0, 0.1) is 5.92 Å². The molecule has 1 heterocycles. The first kappa shape index (κ1) is 20.3. The molecule has 1 atom stereocenters. The molecule has 1 unspecified atom stereocenters. The minimum absolute atomic E-state index is 0.0575. The molecule has 1 aromatic rings. The topological polar surface area (TPSA) is 32.3 Å². The van der Waals surface area contributed by atoms with E-state index in [0.29, 0.717) is 25.2 Å². The monoisotopic (exact) mass is 380 g/mol. The van der Waals surface area contributed by atoms with Crippen LogP contribution < -0.4 is 5.32 Å². The van der Waals surface area contributed by atoms with E-state index < -0.39 is 29.4 Å². The zero-order valence-corrected chi connectivity index (χ0v) is 13.9. The maximum Gasteiger partial charge on any atom is 0.416 e. The molecule has 0 aromatic heterocycles.